The van der Waals surface area contributed by atoms with Gasteiger partial charge in [-0.1, -0.05) is 0 Å². The maximum absolute atomic E-state index is 11.2. The third kappa shape index (κ3) is 2.69. The summed E-state index contributed by atoms with van der Waals surface area (Å²) in [4.78, 5) is 0. The van der Waals surface area contributed by atoms with E-state index in [1.165, 1.54) is 0 Å². The van der Waals surface area contributed by atoms with Gasteiger partial charge in [0, 0.05) is 12.5 Å². The van der Waals surface area contributed by atoms with Gasteiger partial charge in [0.05, 0.1) is 13.1 Å². The Bertz CT molecular complexity index is 133. The highest BCUT2D eigenvalue weighted by atomic mass is 16.5. The topological polar surface area (TPSA) is 91.6 Å². The summed E-state index contributed by atoms with van der Waals surface area (Å²) in [6.45, 7) is 2.06. The molecule has 72 valence electrons. The fourth-order valence-electron chi connectivity index (χ4n) is 1.51. The maximum Gasteiger partial charge on any atom is 0.142 e. The van der Waals surface area contributed by atoms with Crippen molar-refractivity contribution in [3.63, 3.8) is 0 Å². The van der Waals surface area contributed by atoms with Gasteiger partial charge in [0.1, 0.15) is 6.17 Å². The van der Waals surface area contributed by atoms with Gasteiger partial charge in [-0.3, -0.25) is 5.32 Å². The summed E-state index contributed by atoms with van der Waals surface area (Å²) in [5, 5.41) is 14.6. The fraction of sp³-hybridized carbons (Fsp3) is 1.00. The van der Waals surface area contributed by atoms with Crippen molar-refractivity contribution in [2.45, 2.75) is 25.0 Å². The molecular formula is C7H18N4O. The summed E-state index contributed by atoms with van der Waals surface area (Å²) in [6, 6.07) is 0.0644. The van der Waals surface area contributed by atoms with Crippen LogP contribution in [0.15, 0.2) is 0 Å². The minimum atomic E-state index is -0.00782. The van der Waals surface area contributed by atoms with E-state index >= 15 is 0 Å². The van der Waals surface area contributed by atoms with Crippen molar-refractivity contribution in [2.75, 3.05) is 19.6 Å². The van der Waals surface area contributed by atoms with Gasteiger partial charge in [-0.15, -0.1) is 0 Å². The van der Waals surface area contributed by atoms with Crippen molar-refractivity contribution in [2.24, 2.45) is 11.5 Å². The molecule has 1 aliphatic rings. The molecule has 0 aromatic carbocycles. The highest BCUT2D eigenvalue weighted by Gasteiger charge is 2.23. The molecule has 3 unspecified atom stereocenters. The molecule has 0 spiro atoms. The van der Waals surface area contributed by atoms with E-state index in [-0.39, 0.29) is 12.2 Å². The molecule has 3 atom stereocenters. The van der Waals surface area contributed by atoms with Crippen LogP contribution >= 0.6 is 0 Å². The van der Waals surface area contributed by atoms with Crippen LogP contribution in [0, 0.1) is 5.21 Å². The predicted molar refractivity (Wildman–Crippen MR) is 47.3 cm³/mol. The molecule has 0 aromatic heterocycles. The maximum atomic E-state index is 11.2. The van der Waals surface area contributed by atoms with Gasteiger partial charge >= 0.3 is 0 Å². The lowest BCUT2D eigenvalue weighted by Crippen LogP contribution is -3.10. The number of hydroxylamine groups is 2. The van der Waals surface area contributed by atoms with E-state index in [4.69, 9.17) is 11.5 Å². The first kappa shape index (κ1) is 9.88. The smallest absolute Gasteiger partial charge is 0.142 e. The van der Waals surface area contributed by atoms with E-state index in [0.29, 0.717) is 18.2 Å². The molecule has 0 aromatic rings. The molecule has 0 radical (unpaired) electrons. The third-order valence-electron chi connectivity index (χ3n) is 2.23. The standard InChI is InChI=1S/C7H18N4O/c8-2-1-6(9)5-7-10-3-4-11(7)12/h6-7,10-11H,1-5,8-9H2. The number of nitrogens with two attached hydrogens (primary N) is 2. The van der Waals surface area contributed by atoms with Crippen molar-refractivity contribution >= 4 is 0 Å². The van der Waals surface area contributed by atoms with Crippen LogP contribution in [0.3, 0.4) is 0 Å². The Morgan fingerprint density at radius 1 is 1.67 bits per heavy atom. The van der Waals surface area contributed by atoms with Crippen molar-refractivity contribution in [1.82, 2.24) is 5.32 Å². The Morgan fingerprint density at radius 3 is 2.92 bits per heavy atom. The van der Waals surface area contributed by atoms with Crippen LogP contribution in [0.25, 0.3) is 0 Å². The summed E-state index contributed by atoms with van der Waals surface area (Å²) in [5.74, 6) is 0. The minimum absolute atomic E-state index is 0.00782. The fourth-order valence-corrected chi connectivity index (χ4v) is 1.51. The van der Waals surface area contributed by atoms with Gasteiger partial charge < -0.3 is 21.7 Å². The highest BCUT2D eigenvalue weighted by Crippen LogP contribution is 1.96. The van der Waals surface area contributed by atoms with Crippen molar-refractivity contribution < 1.29 is 5.06 Å². The average Bonchev–Trinajstić information content (AvgIpc) is 2.37. The zero-order valence-electron chi connectivity index (χ0n) is 7.25. The van der Waals surface area contributed by atoms with Crippen LogP contribution < -0.4 is 21.8 Å². The summed E-state index contributed by atoms with van der Waals surface area (Å²) < 4.78 is 0. The SMILES string of the molecule is NCCC(N)CC1NCC[NH+]1[O-]. The second-order valence-corrected chi connectivity index (χ2v) is 3.30. The van der Waals surface area contributed by atoms with Gasteiger partial charge in [-0.2, -0.15) is 0 Å². The number of rotatable bonds is 4. The number of hydrogen-bond acceptors (Lipinski definition) is 4. The molecule has 5 heteroatoms. The lowest BCUT2D eigenvalue weighted by molar-refractivity contribution is -0.862. The molecule has 6 N–H and O–H groups in total. The molecule has 0 aliphatic carbocycles. The van der Waals surface area contributed by atoms with Crippen molar-refractivity contribution in [3.8, 4) is 0 Å². The third-order valence-corrected chi connectivity index (χ3v) is 2.23. The molecule has 1 saturated heterocycles. The van der Waals surface area contributed by atoms with E-state index in [0.717, 1.165) is 19.4 Å². The first-order chi connectivity index (χ1) is 5.74. The van der Waals surface area contributed by atoms with Crippen LogP contribution in [0.4, 0.5) is 0 Å². The highest BCUT2D eigenvalue weighted by molar-refractivity contribution is 4.69. The molecule has 1 fully saturated rings. The molecule has 1 aliphatic heterocycles. The normalized spacial score (nSPS) is 32.2. The molecule has 0 amide bonds. The first-order valence-corrected chi connectivity index (χ1v) is 4.45. The predicted octanol–water partition coefficient (Wildman–Crippen LogP) is -2.64. The Labute approximate surface area is 72.7 Å². The zero-order chi connectivity index (χ0) is 8.97. The molecule has 0 bridgehead atoms. The van der Waals surface area contributed by atoms with E-state index < -0.39 is 0 Å². The minimum Gasteiger partial charge on any atom is -0.633 e. The monoisotopic (exact) mass is 174 g/mol. The molecule has 0 saturated carbocycles. The Kier molecular flexibility index (Phi) is 3.90. The Morgan fingerprint density at radius 2 is 2.42 bits per heavy atom. The zero-order valence-corrected chi connectivity index (χ0v) is 7.25. The Hall–Kier alpha value is -0.200. The van der Waals surface area contributed by atoms with Crippen LogP contribution in [-0.2, 0) is 0 Å². The van der Waals surface area contributed by atoms with Gasteiger partial charge in [0.15, 0.2) is 0 Å². The summed E-state index contributed by atoms with van der Waals surface area (Å²) in [7, 11) is 0. The van der Waals surface area contributed by atoms with Crippen molar-refractivity contribution in [1.29, 1.82) is 0 Å². The summed E-state index contributed by atoms with van der Waals surface area (Å²) >= 11 is 0. The van der Waals surface area contributed by atoms with E-state index in [9.17, 15) is 5.21 Å². The second-order valence-electron chi connectivity index (χ2n) is 3.30. The largest absolute Gasteiger partial charge is 0.633 e. The average molecular weight is 174 g/mol. The van der Waals surface area contributed by atoms with E-state index in [2.05, 4.69) is 5.32 Å². The molecule has 5 nitrogen and oxygen atoms in total. The van der Waals surface area contributed by atoms with Crippen LogP contribution in [0.5, 0.6) is 0 Å². The molecule has 1 rings (SSSR count). The van der Waals surface area contributed by atoms with E-state index in [1.807, 2.05) is 0 Å². The van der Waals surface area contributed by atoms with Gasteiger partial charge in [-0.05, 0) is 13.0 Å². The van der Waals surface area contributed by atoms with E-state index in [1.54, 1.807) is 0 Å². The van der Waals surface area contributed by atoms with Crippen LogP contribution in [0.2, 0.25) is 0 Å². The van der Waals surface area contributed by atoms with Crippen molar-refractivity contribution in [3.05, 3.63) is 5.21 Å². The number of quaternary nitrogens is 1. The number of nitrogens with one attached hydrogen (secondary N) is 2. The number of hydrogen-bond donors (Lipinski definition) is 4. The van der Waals surface area contributed by atoms with Crippen LogP contribution in [0.1, 0.15) is 12.8 Å². The lowest BCUT2D eigenvalue weighted by Gasteiger charge is -2.25. The quantitative estimate of drug-likeness (QED) is 0.351. The van der Waals surface area contributed by atoms with Crippen LogP contribution in [-0.4, -0.2) is 31.8 Å². The second kappa shape index (κ2) is 4.74. The summed E-state index contributed by atoms with van der Waals surface area (Å²) in [5.41, 5.74) is 11.1. The van der Waals surface area contributed by atoms with Gasteiger partial charge in [0.25, 0.3) is 0 Å². The summed E-state index contributed by atoms with van der Waals surface area (Å²) in [6.07, 6.45) is 1.52. The molecule has 1 heterocycles. The van der Waals surface area contributed by atoms with Gasteiger partial charge in [0.2, 0.25) is 0 Å². The molecular weight excluding hydrogens is 156 g/mol. The molecule has 12 heavy (non-hydrogen) atoms. The lowest BCUT2D eigenvalue weighted by atomic mass is 10.1. The first-order valence-electron chi connectivity index (χ1n) is 4.45. The van der Waals surface area contributed by atoms with Gasteiger partial charge in [-0.25, -0.2) is 0 Å². The Balaban J connectivity index is 2.20.